The van der Waals surface area contributed by atoms with Gasteiger partial charge in [-0.2, -0.15) is 5.26 Å². The van der Waals surface area contributed by atoms with Gasteiger partial charge in [-0.3, -0.25) is 4.31 Å². The zero-order valence-corrected chi connectivity index (χ0v) is 12.6. The SMILES string of the molecule is Cc1cc(N)ccc1S(=O)(=O)N(C)c1ccccc1C#N. The number of hydrogen-bond donors (Lipinski definition) is 1. The lowest BCUT2D eigenvalue weighted by Gasteiger charge is -2.21. The van der Waals surface area contributed by atoms with Crippen LogP contribution in [0.25, 0.3) is 0 Å². The van der Waals surface area contributed by atoms with Crippen molar-refractivity contribution in [3.05, 3.63) is 53.6 Å². The molecule has 0 bridgehead atoms. The Labute approximate surface area is 124 Å². The Balaban J connectivity index is 2.56. The monoisotopic (exact) mass is 301 g/mol. The van der Waals surface area contributed by atoms with E-state index >= 15 is 0 Å². The first-order valence-electron chi connectivity index (χ1n) is 6.22. The minimum Gasteiger partial charge on any atom is -0.399 e. The molecule has 0 aromatic heterocycles. The fraction of sp³-hybridized carbons (Fsp3) is 0.133. The van der Waals surface area contributed by atoms with E-state index in [1.54, 1.807) is 43.3 Å². The van der Waals surface area contributed by atoms with Crippen LogP contribution in [0.2, 0.25) is 0 Å². The molecule has 2 aromatic carbocycles. The molecular weight excluding hydrogens is 286 g/mol. The van der Waals surface area contributed by atoms with Gasteiger partial charge in [0.1, 0.15) is 6.07 Å². The van der Waals surface area contributed by atoms with Gasteiger partial charge in [0.15, 0.2) is 0 Å². The molecule has 0 saturated heterocycles. The highest BCUT2D eigenvalue weighted by Gasteiger charge is 2.24. The standard InChI is InChI=1S/C15H15N3O2S/c1-11-9-13(17)7-8-15(11)21(19,20)18(2)14-6-4-3-5-12(14)10-16/h3-9H,17H2,1-2H3. The maximum Gasteiger partial charge on any atom is 0.264 e. The third-order valence-corrected chi connectivity index (χ3v) is 5.13. The van der Waals surface area contributed by atoms with Crippen LogP contribution in [0.15, 0.2) is 47.4 Å². The summed E-state index contributed by atoms with van der Waals surface area (Å²) in [6.45, 7) is 1.69. The lowest BCUT2D eigenvalue weighted by Crippen LogP contribution is -2.27. The topological polar surface area (TPSA) is 87.2 Å². The van der Waals surface area contributed by atoms with Crippen LogP contribution in [-0.4, -0.2) is 15.5 Å². The summed E-state index contributed by atoms with van der Waals surface area (Å²) in [6.07, 6.45) is 0. The second kappa shape index (κ2) is 5.46. The van der Waals surface area contributed by atoms with Gasteiger partial charge in [0, 0.05) is 12.7 Å². The summed E-state index contributed by atoms with van der Waals surface area (Å²) in [4.78, 5) is 0.173. The largest absolute Gasteiger partial charge is 0.399 e. The maximum atomic E-state index is 12.7. The van der Waals surface area contributed by atoms with E-state index in [9.17, 15) is 8.42 Å². The molecular formula is C15H15N3O2S. The van der Waals surface area contributed by atoms with Crippen LogP contribution in [-0.2, 0) is 10.0 Å². The highest BCUT2D eigenvalue weighted by atomic mass is 32.2. The summed E-state index contributed by atoms with van der Waals surface area (Å²) in [5.74, 6) is 0. The number of hydrogen-bond acceptors (Lipinski definition) is 4. The molecule has 0 saturated carbocycles. The molecule has 0 spiro atoms. The van der Waals surface area contributed by atoms with E-state index in [0.717, 1.165) is 4.31 Å². The van der Waals surface area contributed by atoms with Crippen LogP contribution < -0.4 is 10.0 Å². The van der Waals surface area contributed by atoms with E-state index in [2.05, 4.69) is 0 Å². The highest BCUT2D eigenvalue weighted by molar-refractivity contribution is 7.92. The van der Waals surface area contributed by atoms with Crippen LogP contribution >= 0.6 is 0 Å². The minimum absolute atomic E-state index is 0.173. The van der Waals surface area contributed by atoms with Gasteiger partial charge in [-0.1, -0.05) is 12.1 Å². The summed E-state index contributed by atoms with van der Waals surface area (Å²) in [7, 11) is -2.31. The minimum atomic E-state index is -3.75. The normalized spacial score (nSPS) is 10.9. The number of rotatable bonds is 3. The van der Waals surface area contributed by atoms with Crippen molar-refractivity contribution in [2.75, 3.05) is 17.1 Å². The Hall–Kier alpha value is -2.52. The molecule has 0 heterocycles. The highest BCUT2D eigenvalue weighted by Crippen LogP contribution is 2.27. The van der Waals surface area contributed by atoms with Crippen molar-refractivity contribution in [2.45, 2.75) is 11.8 Å². The van der Waals surface area contributed by atoms with Crippen LogP contribution in [0.4, 0.5) is 11.4 Å². The number of nitrogens with two attached hydrogens (primary N) is 1. The first-order valence-corrected chi connectivity index (χ1v) is 7.66. The summed E-state index contributed by atoms with van der Waals surface area (Å²) >= 11 is 0. The Bertz CT molecular complexity index is 823. The molecule has 0 aliphatic carbocycles. The number of sulfonamides is 1. The van der Waals surface area contributed by atoms with Gasteiger partial charge in [0.2, 0.25) is 0 Å². The Kier molecular flexibility index (Phi) is 3.87. The number of benzene rings is 2. The number of aryl methyl sites for hydroxylation is 1. The van der Waals surface area contributed by atoms with E-state index in [1.165, 1.54) is 13.1 Å². The molecule has 5 nitrogen and oxygen atoms in total. The fourth-order valence-electron chi connectivity index (χ4n) is 2.08. The van der Waals surface area contributed by atoms with E-state index in [4.69, 9.17) is 11.0 Å². The molecule has 108 valence electrons. The third kappa shape index (κ3) is 2.69. The van der Waals surface area contributed by atoms with Crippen molar-refractivity contribution in [3.63, 3.8) is 0 Å². The van der Waals surface area contributed by atoms with Crippen molar-refractivity contribution in [1.29, 1.82) is 5.26 Å². The van der Waals surface area contributed by atoms with Crippen molar-refractivity contribution in [3.8, 4) is 6.07 Å². The smallest absolute Gasteiger partial charge is 0.264 e. The number of nitriles is 1. The number of nitrogens with zero attached hydrogens (tertiary/aromatic N) is 2. The van der Waals surface area contributed by atoms with Gasteiger partial charge < -0.3 is 5.73 Å². The van der Waals surface area contributed by atoms with E-state index in [0.29, 0.717) is 22.5 Å². The second-order valence-corrected chi connectivity index (χ2v) is 6.56. The summed E-state index contributed by atoms with van der Waals surface area (Å²) in [6, 6.07) is 13.2. The van der Waals surface area contributed by atoms with E-state index < -0.39 is 10.0 Å². The number of nitrogen functional groups attached to an aromatic ring is 1. The molecule has 0 aliphatic rings. The van der Waals surface area contributed by atoms with Gasteiger partial charge in [0.25, 0.3) is 10.0 Å². The predicted octanol–water partition coefficient (Wildman–Crippen LogP) is 2.27. The molecule has 0 amide bonds. The zero-order valence-electron chi connectivity index (χ0n) is 11.7. The summed E-state index contributed by atoms with van der Waals surface area (Å²) in [5.41, 5.74) is 7.37. The van der Waals surface area contributed by atoms with Gasteiger partial charge in [-0.15, -0.1) is 0 Å². The van der Waals surface area contributed by atoms with Crippen molar-refractivity contribution in [1.82, 2.24) is 0 Å². The van der Waals surface area contributed by atoms with E-state index in [1.807, 2.05) is 6.07 Å². The number of para-hydroxylation sites is 1. The maximum absolute atomic E-state index is 12.7. The van der Waals surface area contributed by atoms with Gasteiger partial charge in [-0.05, 0) is 42.8 Å². The lowest BCUT2D eigenvalue weighted by molar-refractivity contribution is 0.594. The van der Waals surface area contributed by atoms with Crippen molar-refractivity contribution < 1.29 is 8.42 Å². The van der Waals surface area contributed by atoms with Crippen molar-refractivity contribution in [2.24, 2.45) is 0 Å². The molecule has 2 rings (SSSR count). The first kappa shape index (κ1) is 14.9. The Morgan fingerprint density at radius 2 is 1.86 bits per heavy atom. The summed E-state index contributed by atoms with van der Waals surface area (Å²) in [5, 5.41) is 9.11. The van der Waals surface area contributed by atoms with Crippen molar-refractivity contribution >= 4 is 21.4 Å². The van der Waals surface area contributed by atoms with Crippen LogP contribution in [0.5, 0.6) is 0 Å². The molecule has 0 atom stereocenters. The third-order valence-electron chi connectivity index (χ3n) is 3.20. The Morgan fingerprint density at radius 3 is 2.48 bits per heavy atom. The lowest BCUT2D eigenvalue weighted by atomic mass is 10.2. The molecule has 21 heavy (non-hydrogen) atoms. The average molecular weight is 301 g/mol. The predicted molar refractivity (Wildman–Crippen MR) is 82.3 cm³/mol. The molecule has 0 radical (unpaired) electrons. The fourth-order valence-corrected chi connectivity index (χ4v) is 3.50. The molecule has 2 N–H and O–H groups in total. The number of anilines is 2. The molecule has 6 heteroatoms. The summed E-state index contributed by atoms with van der Waals surface area (Å²) < 4.78 is 26.5. The zero-order chi connectivity index (χ0) is 15.6. The molecule has 0 unspecified atom stereocenters. The van der Waals surface area contributed by atoms with Gasteiger partial charge in [-0.25, -0.2) is 8.42 Å². The van der Waals surface area contributed by atoms with Crippen LogP contribution in [0, 0.1) is 18.3 Å². The van der Waals surface area contributed by atoms with Crippen LogP contribution in [0.1, 0.15) is 11.1 Å². The van der Waals surface area contributed by atoms with Crippen LogP contribution in [0.3, 0.4) is 0 Å². The molecule has 2 aromatic rings. The van der Waals surface area contributed by atoms with E-state index in [-0.39, 0.29) is 4.90 Å². The first-order chi connectivity index (χ1) is 9.87. The van der Waals surface area contributed by atoms with Gasteiger partial charge >= 0.3 is 0 Å². The second-order valence-electron chi connectivity index (χ2n) is 4.63. The Morgan fingerprint density at radius 1 is 1.19 bits per heavy atom. The molecule has 0 aliphatic heterocycles. The van der Waals surface area contributed by atoms with Gasteiger partial charge in [0.05, 0.1) is 16.1 Å². The molecule has 0 fully saturated rings. The average Bonchev–Trinajstić information content (AvgIpc) is 2.46. The quantitative estimate of drug-likeness (QED) is 0.881.